The summed E-state index contributed by atoms with van der Waals surface area (Å²) in [6.07, 6.45) is 4.69. The lowest BCUT2D eigenvalue weighted by atomic mass is 10.1. The topological polar surface area (TPSA) is 81.9 Å². The van der Waals surface area contributed by atoms with E-state index in [1.807, 2.05) is 36.6 Å². The van der Waals surface area contributed by atoms with Crippen molar-refractivity contribution >= 4 is 15.6 Å². The molecule has 0 bridgehead atoms. The van der Waals surface area contributed by atoms with Crippen LogP contribution in [0.25, 0.3) is 11.4 Å². The summed E-state index contributed by atoms with van der Waals surface area (Å²) in [5.74, 6) is -0.246. The minimum Gasteiger partial charge on any atom is -0.317 e. The summed E-state index contributed by atoms with van der Waals surface area (Å²) in [5.41, 5.74) is 4.98. The van der Waals surface area contributed by atoms with Gasteiger partial charge >= 0.3 is 0 Å². The van der Waals surface area contributed by atoms with Crippen molar-refractivity contribution in [2.24, 2.45) is 0 Å². The summed E-state index contributed by atoms with van der Waals surface area (Å²) in [7, 11) is -3.41. The number of ketones is 1. The van der Waals surface area contributed by atoms with E-state index in [1.165, 1.54) is 0 Å². The lowest BCUT2D eigenvalue weighted by Crippen LogP contribution is -2.23. The van der Waals surface area contributed by atoms with Crippen LogP contribution < -0.4 is 0 Å². The summed E-state index contributed by atoms with van der Waals surface area (Å²) < 4.78 is 26.8. The molecule has 6 nitrogen and oxygen atoms in total. The molecule has 0 saturated heterocycles. The number of imidazole rings is 1. The van der Waals surface area contributed by atoms with Gasteiger partial charge in [-0.1, -0.05) is 23.8 Å². The predicted molar refractivity (Wildman–Crippen MR) is 116 cm³/mol. The maximum absolute atomic E-state index is 13.2. The molecule has 1 aromatic carbocycles. The van der Waals surface area contributed by atoms with Crippen LogP contribution in [0.3, 0.4) is 0 Å². The number of hydrogen-bond acceptors (Lipinski definition) is 5. The summed E-state index contributed by atoms with van der Waals surface area (Å²) in [4.78, 5) is 22.0. The number of Topliss-reactive ketones (excluding diaryl/α,β-unsaturated/α-hetero) is 1. The van der Waals surface area contributed by atoms with Gasteiger partial charge in [0.25, 0.3) is 0 Å². The van der Waals surface area contributed by atoms with E-state index in [4.69, 9.17) is 0 Å². The molecule has 1 aliphatic carbocycles. The van der Waals surface area contributed by atoms with Crippen LogP contribution in [0.4, 0.5) is 0 Å². The standard InChI is InChI=1S/C23H25N3O3S/c1-15-6-7-16(2)19(11-15)13-26-22(21(27)14-30(28,29)20-8-9-20)17(3)25-23(26)18-5-4-10-24-12-18/h4-7,10-12,20H,8-9,13-14H2,1-3H3. The number of aryl methyl sites for hydroxylation is 3. The van der Waals surface area contributed by atoms with Crippen LogP contribution in [0.2, 0.25) is 0 Å². The molecule has 0 aliphatic heterocycles. The molecule has 0 radical (unpaired) electrons. The fourth-order valence-electron chi connectivity index (χ4n) is 3.73. The molecule has 7 heteroatoms. The smallest absolute Gasteiger partial charge is 0.196 e. The van der Waals surface area contributed by atoms with Crippen LogP contribution in [0.15, 0.2) is 42.7 Å². The van der Waals surface area contributed by atoms with E-state index < -0.39 is 21.4 Å². The fraction of sp³-hybridized carbons (Fsp3) is 0.348. The van der Waals surface area contributed by atoms with Gasteiger partial charge in [-0.3, -0.25) is 9.78 Å². The van der Waals surface area contributed by atoms with Gasteiger partial charge in [0.1, 0.15) is 17.3 Å². The highest BCUT2D eigenvalue weighted by Crippen LogP contribution is 2.30. The Kier molecular flexibility index (Phi) is 5.32. The average Bonchev–Trinajstić information content (AvgIpc) is 3.50. The first kappa shape index (κ1) is 20.5. The van der Waals surface area contributed by atoms with Crippen LogP contribution in [0.1, 0.15) is 45.7 Å². The molecule has 1 fully saturated rings. The molecule has 0 atom stereocenters. The number of nitrogens with zero attached hydrogens (tertiary/aromatic N) is 3. The minimum absolute atomic E-state index is 0.360. The molecule has 3 aromatic rings. The molecular weight excluding hydrogens is 398 g/mol. The second kappa shape index (κ2) is 7.80. The number of carbonyl (C=O) groups excluding carboxylic acids is 1. The van der Waals surface area contributed by atoms with E-state index >= 15 is 0 Å². The van der Waals surface area contributed by atoms with Gasteiger partial charge in [-0.05, 0) is 56.9 Å². The van der Waals surface area contributed by atoms with Gasteiger partial charge in [0.15, 0.2) is 15.6 Å². The number of benzene rings is 1. The third kappa shape index (κ3) is 4.07. The zero-order valence-electron chi connectivity index (χ0n) is 17.4. The third-order valence-electron chi connectivity index (χ3n) is 5.52. The molecule has 0 N–H and O–H groups in total. The van der Waals surface area contributed by atoms with Crippen LogP contribution in [-0.2, 0) is 16.4 Å². The zero-order chi connectivity index (χ0) is 21.5. The van der Waals surface area contributed by atoms with Crippen molar-refractivity contribution < 1.29 is 13.2 Å². The van der Waals surface area contributed by atoms with Gasteiger partial charge in [0.2, 0.25) is 0 Å². The molecular formula is C23H25N3O3S. The monoisotopic (exact) mass is 423 g/mol. The summed E-state index contributed by atoms with van der Waals surface area (Å²) >= 11 is 0. The Labute approximate surface area is 176 Å². The van der Waals surface area contributed by atoms with Crippen molar-refractivity contribution in [3.63, 3.8) is 0 Å². The first-order chi connectivity index (χ1) is 14.3. The summed E-state index contributed by atoms with van der Waals surface area (Å²) in [6, 6.07) is 9.91. The largest absolute Gasteiger partial charge is 0.317 e. The van der Waals surface area contributed by atoms with Crippen molar-refractivity contribution in [2.75, 3.05) is 5.75 Å². The maximum atomic E-state index is 13.2. The van der Waals surface area contributed by atoms with Gasteiger partial charge in [-0.25, -0.2) is 13.4 Å². The lowest BCUT2D eigenvalue weighted by Gasteiger charge is -2.14. The SMILES string of the molecule is Cc1ccc(C)c(Cn2c(-c3cccnc3)nc(C)c2C(=O)CS(=O)(=O)C2CC2)c1. The second-order valence-electron chi connectivity index (χ2n) is 8.06. The van der Waals surface area contributed by atoms with Crippen molar-refractivity contribution in [2.45, 2.75) is 45.4 Å². The Morgan fingerprint density at radius 2 is 1.93 bits per heavy atom. The Hall–Kier alpha value is -2.80. The molecule has 2 heterocycles. The molecule has 2 aromatic heterocycles. The van der Waals surface area contributed by atoms with Gasteiger partial charge in [-0.15, -0.1) is 0 Å². The van der Waals surface area contributed by atoms with Crippen molar-refractivity contribution in [1.82, 2.24) is 14.5 Å². The molecule has 1 saturated carbocycles. The van der Waals surface area contributed by atoms with Crippen molar-refractivity contribution in [3.05, 3.63) is 70.8 Å². The van der Waals surface area contributed by atoms with Gasteiger partial charge < -0.3 is 4.57 Å². The Morgan fingerprint density at radius 3 is 2.60 bits per heavy atom. The summed E-state index contributed by atoms with van der Waals surface area (Å²) in [6.45, 7) is 6.25. The lowest BCUT2D eigenvalue weighted by molar-refractivity contribution is 0.101. The van der Waals surface area contributed by atoms with Crippen LogP contribution in [0.5, 0.6) is 0 Å². The number of hydrogen-bond donors (Lipinski definition) is 0. The Bertz CT molecular complexity index is 1210. The molecule has 30 heavy (non-hydrogen) atoms. The molecule has 4 rings (SSSR count). The van der Waals surface area contributed by atoms with Crippen LogP contribution >= 0.6 is 0 Å². The van der Waals surface area contributed by atoms with Crippen LogP contribution in [-0.4, -0.2) is 39.7 Å². The average molecular weight is 424 g/mol. The number of sulfone groups is 1. The molecule has 1 aliphatic rings. The van der Waals surface area contributed by atoms with Crippen LogP contribution in [0, 0.1) is 20.8 Å². The number of carbonyl (C=O) groups is 1. The van der Waals surface area contributed by atoms with Gasteiger partial charge in [0.05, 0.1) is 17.5 Å². The first-order valence-corrected chi connectivity index (χ1v) is 11.8. The first-order valence-electron chi connectivity index (χ1n) is 10.0. The van der Waals surface area contributed by atoms with E-state index in [0.717, 1.165) is 22.3 Å². The highest BCUT2D eigenvalue weighted by atomic mass is 32.2. The van der Waals surface area contributed by atoms with Crippen molar-refractivity contribution in [1.29, 1.82) is 0 Å². The molecule has 0 unspecified atom stereocenters. The quantitative estimate of drug-likeness (QED) is 0.542. The number of pyridine rings is 1. The molecule has 0 amide bonds. The molecule has 156 valence electrons. The predicted octanol–water partition coefficient (Wildman–Crippen LogP) is 3.68. The summed E-state index contributed by atoms with van der Waals surface area (Å²) in [5, 5.41) is -0.366. The maximum Gasteiger partial charge on any atom is 0.196 e. The Balaban J connectivity index is 1.82. The number of aromatic nitrogens is 3. The normalized spacial score (nSPS) is 14.1. The zero-order valence-corrected chi connectivity index (χ0v) is 18.2. The third-order valence-corrected chi connectivity index (χ3v) is 7.68. The van der Waals surface area contributed by atoms with E-state index in [-0.39, 0.29) is 5.25 Å². The highest BCUT2D eigenvalue weighted by molar-refractivity contribution is 7.93. The highest BCUT2D eigenvalue weighted by Gasteiger charge is 2.38. The number of rotatable bonds is 7. The van der Waals surface area contributed by atoms with Gasteiger partial charge in [-0.2, -0.15) is 0 Å². The Morgan fingerprint density at radius 1 is 1.17 bits per heavy atom. The van der Waals surface area contributed by atoms with E-state index in [2.05, 4.69) is 22.1 Å². The minimum atomic E-state index is -3.41. The van der Waals surface area contributed by atoms with E-state index in [9.17, 15) is 13.2 Å². The van der Waals surface area contributed by atoms with Crippen molar-refractivity contribution in [3.8, 4) is 11.4 Å². The fourth-order valence-corrected chi connectivity index (χ4v) is 5.32. The van der Waals surface area contributed by atoms with Gasteiger partial charge in [0, 0.05) is 18.0 Å². The van der Waals surface area contributed by atoms with E-state index in [1.54, 1.807) is 19.3 Å². The molecule has 0 spiro atoms. The van der Waals surface area contributed by atoms with E-state index in [0.29, 0.717) is 36.6 Å². The second-order valence-corrected chi connectivity index (χ2v) is 10.3.